The molecule has 27 heavy (non-hydrogen) atoms. The van der Waals surface area contributed by atoms with Gasteiger partial charge in [-0.05, 0) is 63.4 Å². The lowest BCUT2D eigenvalue weighted by Crippen LogP contribution is -2.34. The van der Waals surface area contributed by atoms with E-state index in [9.17, 15) is 0 Å². The van der Waals surface area contributed by atoms with E-state index in [0.29, 0.717) is 6.61 Å². The molecule has 1 aromatic rings. The Labute approximate surface area is 166 Å². The maximum absolute atomic E-state index is 6.12. The van der Waals surface area contributed by atoms with E-state index in [1.807, 2.05) is 6.07 Å². The molecule has 150 valence electrons. The Balaban J connectivity index is 1.74. The number of methoxy groups -OCH3 is 1. The lowest BCUT2D eigenvalue weighted by molar-refractivity contribution is -0.185. The number of hydrogen-bond donors (Lipinski definition) is 0. The average Bonchev–Trinajstić information content (AvgIpc) is 2.70. The van der Waals surface area contributed by atoms with Crippen molar-refractivity contribution in [3.8, 4) is 0 Å². The third kappa shape index (κ3) is 7.61. The quantitative estimate of drug-likeness (QED) is 0.435. The van der Waals surface area contributed by atoms with Crippen LogP contribution in [0.5, 0.6) is 0 Å². The first kappa shape index (κ1) is 21.9. The fraction of sp³-hybridized carbons (Fsp3) is 0.583. The van der Waals surface area contributed by atoms with Crippen LogP contribution in [0.15, 0.2) is 54.1 Å². The molecule has 0 aromatic heterocycles. The molecule has 1 unspecified atom stereocenters. The standard InChI is InChI=1S/C24H37NO2/c1-4-18-25(19-5-2)20-9-12-23-13-16-24(26-3,17-14-23)27-21-15-22-10-7-6-8-11-22/h6-8,10-11,13-14,16H,4-5,9,12,15,17-21H2,1-3H3. The highest BCUT2D eigenvalue weighted by molar-refractivity contribution is 5.26. The monoisotopic (exact) mass is 371 g/mol. The highest BCUT2D eigenvalue weighted by Gasteiger charge is 2.28. The normalized spacial score (nSPS) is 19.5. The number of hydrogen-bond acceptors (Lipinski definition) is 3. The zero-order valence-corrected chi connectivity index (χ0v) is 17.5. The SMILES string of the molecule is CCCN(CCC)CCCC1=CCC(OC)(OCCc2ccccc2)C=C1. The van der Waals surface area contributed by atoms with Crippen molar-refractivity contribution in [1.29, 1.82) is 0 Å². The highest BCUT2D eigenvalue weighted by Crippen LogP contribution is 2.27. The Morgan fingerprint density at radius 2 is 1.74 bits per heavy atom. The van der Waals surface area contributed by atoms with E-state index in [1.165, 1.54) is 50.0 Å². The van der Waals surface area contributed by atoms with Gasteiger partial charge >= 0.3 is 0 Å². The zero-order chi connectivity index (χ0) is 19.4. The van der Waals surface area contributed by atoms with Gasteiger partial charge in [0.05, 0.1) is 6.61 Å². The molecule has 1 aromatic carbocycles. The molecular formula is C24H37NO2. The first-order chi connectivity index (χ1) is 13.2. The highest BCUT2D eigenvalue weighted by atomic mass is 16.7. The second-order valence-corrected chi connectivity index (χ2v) is 7.36. The van der Waals surface area contributed by atoms with E-state index in [-0.39, 0.29) is 0 Å². The minimum Gasteiger partial charge on any atom is -0.349 e. The van der Waals surface area contributed by atoms with Crippen molar-refractivity contribution in [3.05, 3.63) is 59.7 Å². The van der Waals surface area contributed by atoms with Crippen molar-refractivity contribution in [1.82, 2.24) is 4.90 Å². The van der Waals surface area contributed by atoms with Crippen LogP contribution in [0.25, 0.3) is 0 Å². The molecule has 1 aliphatic carbocycles. The number of benzene rings is 1. The first-order valence-electron chi connectivity index (χ1n) is 10.5. The molecule has 0 radical (unpaired) electrons. The minimum absolute atomic E-state index is 0.602. The number of allylic oxidation sites excluding steroid dienone is 2. The van der Waals surface area contributed by atoms with Crippen LogP contribution in [0.3, 0.4) is 0 Å². The van der Waals surface area contributed by atoms with Crippen molar-refractivity contribution < 1.29 is 9.47 Å². The minimum atomic E-state index is -0.602. The van der Waals surface area contributed by atoms with Crippen LogP contribution in [0.4, 0.5) is 0 Å². The van der Waals surface area contributed by atoms with Gasteiger partial charge in [-0.25, -0.2) is 0 Å². The summed E-state index contributed by atoms with van der Waals surface area (Å²) in [4.78, 5) is 2.58. The largest absolute Gasteiger partial charge is 0.349 e. The molecule has 0 fully saturated rings. The van der Waals surface area contributed by atoms with E-state index < -0.39 is 5.79 Å². The van der Waals surface area contributed by atoms with Crippen LogP contribution in [0.1, 0.15) is 51.5 Å². The van der Waals surface area contributed by atoms with Gasteiger partial charge in [-0.2, -0.15) is 0 Å². The van der Waals surface area contributed by atoms with Crippen molar-refractivity contribution in [2.75, 3.05) is 33.4 Å². The smallest absolute Gasteiger partial charge is 0.191 e. The molecule has 0 amide bonds. The first-order valence-corrected chi connectivity index (χ1v) is 10.5. The summed E-state index contributed by atoms with van der Waals surface area (Å²) in [6.45, 7) is 8.80. The Kier molecular flexibility index (Phi) is 9.82. The topological polar surface area (TPSA) is 21.7 Å². The lowest BCUT2D eigenvalue weighted by Gasteiger charge is -2.31. The van der Waals surface area contributed by atoms with Gasteiger partial charge in [0.15, 0.2) is 5.79 Å². The molecule has 0 N–H and O–H groups in total. The Bertz CT molecular complexity index is 575. The summed E-state index contributed by atoms with van der Waals surface area (Å²) in [5.41, 5.74) is 2.70. The van der Waals surface area contributed by atoms with Crippen molar-refractivity contribution in [3.63, 3.8) is 0 Å². The Morgan fingerprint density at radius 3 is 2.33 bits per heavy atom. The van der Waals surface area contributed by atoms with Crippen molar-refractivity contribution in [2.24, 2.45) is 0 Å². The Morgan fingerprint density at radius 1 is 1.00 bits per heavy atom. The average molecular weight is 372 g/mol. The molecule has 3 heteroatoms. The predicted molar refractivity (Wildman–Crippen MR) is 114 cm³/mol. The summed E-state index contributed by atoms with van der Waals surface area (Å²) in [6, 6.07) is 10.5. The fourth-order valence-electron chi connectivity index (χ4n) is 3.61. The summed E-state index contributed by atoms with van der Waals surface area (Å²) in [6.07, 6.45) is 13.1. The van der Waals surface area contributed by atoms with Gasteiger partial charge in [0.25, 0.3) is 0 Å². The Hall–Kier alpha value is -1.42. The second-order valence-electron chi connectivity index (χ2n) is 7.36. The third-order valence-corrected chi connectivity index (χ3v) is 5.15. The molecule has 0 heterocycles. The second kappa shape index (κ2) is 12.1. The summed E-state index contributed by atoms with van der Waals surface area (Å²) >= 11 is 0. The molecule has 0 bridgehead atoms. The van der Waals surface area contributed by atoms with E-state index in [0.717, 1.165) is 19.3 Å². The van der Waals surface area contributed by atoms with Gasteiger partial charge < -0.3 is 14.4 Å². The van der Waals surface area contributed by atoms with Crippen LogP contribution in [-0.4, -0.2) is 44.0 Å². The summed E-state index contributed by atoms with van der Waals surface area (Å²) in [5, 5.41) is 0. The number of nitrogens with zero attached hydrogens (tertiary/aromatic N) is 1. The molecule has 0 saturated carbocycles. The van der Waals surface area contributed by atoms with Crippen LogP contribution in [0, 0.1) is 0 Å². The molecule has 1 atom stereocenters. The molecule has 3 nitrogen and oxygen atoms in total. The van der Waals surface area contributed by atoms with Crippen LogP contribution < -0.4 is 0 Å². The van der Waals surface area contributed by atoms with Gasteiger partial charge in [-0.1, -0.05) is 61.9 Å². The summed E-state index contributed by atoms with van der Waals surface area (Å²) in [7, 11) is 1.74. The maximum Gasteiger partial charge on any atom is 0.191 e. The zero-order valence-electron chi connectivity index (χ0n) is 17.5. The van der Waals surface area contributed by atoms with Gasteiger partial charge in [-0.3, -0.25) is 0 Å². The van der Waals surface area contributed by atoms with Gasteiger partial charge in [0.2, 0.25) is 0 Å². The molecule has 1 aliphatic rings. The summed E-state index contributed by atoms with van der Waals surface area (Å²) in [5.74, 6) is -0.602. The van der Waals surface area contributed by atoms with Crippen LogP contribution in [0.2, 0.25) is 0 Å². The third-order valence-electron chi connectivity index (χ3n) is 5.15. The predicted octanol–water partition coefficient (Wildman–Crippen LogP) is 5.38. The molecule has 2 rings (SSSR count). The van der Waals surface area contributed by atoms with Crippen LogP contribution in [-0.2, 0) is 15.9 Å². The van der Waals surface area contributed by atoms with E-state index in [1.54, 1.807) is 7.11 Å². The fourth-order valence-corrected chi connectivity index (χ4v) is 3.61. The lowest BCUT2D eigenvalue weighted by atomic mass is 9.98. The van der Waals surface area contributed by atoms with Crippen molar-refractivity contribution >= 4 is 0 Å². The van der Waals surface area contributed by atoms with E-state index >= 15 is 0 Å². The van der Waals surface area contributed by atoms with Gasteiger partial charge in [-0.15, -0.1) is 0 Å². The van der Waals surface area contributed by atoms with Crippen LogP contribution >= 0.6 is 0 Å². The molecule has 0 saturated heterocycles. The number of rotatable bonds is 13. The number of ether oxygens (including phenoxy) is 2. The van der Waals surface area contributed by atoms with E-state index in [2.05, 4.69) is 61.2 Å². The summed E-state index contributed by atoms with van der Waals surface area (Å²) < 4.78 is 11.8. The molecule has 0 spiro atoms. The van der Waals surface area contributed by atoms with Crippen molar-refractivity contribution in [2.45, 2.75) is 58.2 Å². The molecule has 0 aliphatic heterocycles. The van der Waals surface area contributed by atoms with Gasteiger partial charge in [0, 0.05) is 13.5 Å². The molecular weight excluding hydrogens is 334 g/mol. The maximum atomic E-state index is 6.12. The van der Waals surface area contributed by atoms with Gasteiger partial charge in [0.1, 0.15) is 0 Å². The van der Waals surface area contributed by atoms with E-state index in [4.69, 9.17) is 9.47 Å².